The molecular formula is C66H101NO11. The van der Waals surface area contributed by atoms with Gasteiger partial charge in [0.25, 0.3) is 0 Å². The third-order valence-corrected chi connectivity index (χ3v) is 19.5. The number of allylic oxidation sites excluding steroid dienone is 8. The summed E-state index contributed by atoms with van der Waals surface area (Å²) < 4.78 is 39.4. The lowest BCUT2D eigenvalue weighted by Gasteiger charge is -2.70. The summed E-state index contributed by atoms with van der Waals surface area (Å²) in [5.41, 5.74) is -4.54. The second-order valence-electron chi connectivity index (χ2n) is 24.3. The van der Waals surface area contributed by atoms with Crippen LogP contribution in [-0.2, 0) is 38.0 Å². The molecule has 12 nitrogen and oxygen atoms in total. The quantitative estimate of drug-likeness (QED) is 0.0285. The summed E-state index contributed by atoms with van der Waals surface area (Å²) in [7, 11) is 6.96. The molecule has 1 saturated heterocycles. The zero-order valence-electron chi connectivity index (χ0n) is 48.8. The first-order valence-corrected chi connectivity index (χ1v) is 30.9. The molecule has 2 N–H and O–H groups in total. The van der Waals surface area contributed by atoms with Crippen molar-refractivity contribution in [3.05, 3.63) is 84.5 Å². The lowest BCUT2D eigenvalue weighted by molar-refractivity contribution is -0.321. The molecule has 1 spiro atoms. The van der Waals surface area contributed by atoms with Gasteiger partial charge in [-0.15, -0.1) is 0 Å². The monoisotopic (exact) mass is 1080 g/mol. The SMILES string of the molecule is CCCCC/C=C\C/C=C\CCCCCCCC(=O)O[C@@H]1C[C@H](OC)[C@@]23[C@@H]4C[C@@]5(O)[C@H](OC(=O)c6ccccc6)[C@@H]4[C@](OC(=O)CCCCCCC/C=C\C/C=C\CCCCC)([C@@H](O)[C@@H]5OC)[C@H]4C[C@@H]2[C@]1(COC)CN(C)[C@H]43. The van der Waals surface area contributed by atoms with Crippen molar-refractivity contribution in [3.8, 4) is 0 Å². The second kappa shape index (κ2) is 29.9. The number of ether oxygens (including phenoxy) is 6. The van der Waals surface area contributed by atoms with Crippen LogP contribution in [0.25, 0.3) is 0 Å². The van der Waals surface area contributed by atoms with Crippen LogP contribution in [0, 0.1) is 34.5 Å². The fraction of sp³-hybridized carbons (Fsp3) is 0.742. The number of hydrogen-bond acceptors (Lipinski definition) is 12. The van der Waals surface area contributed by atoms with Gasteiger partial charge in [0.15, 0.2) is 5.60 Å². The minimum absolute atomic E-state index is 0.109. The molecule has 0 aromatic heterocycles. The molecule has 0 unspecified atom stereocenters. The van der Waals surface area contributed by atoms with E-state index < -0.39 is 82.2 Å². The highest BCUT2D eigenvalue weighted by atomic mass is 16.6. The number of benzene rings is 1. The lowest BCUT2D eigenvalue weighted by atomic mass is 9.42. The number of carbonyl (C=O) groups is 3. The Hall–Kier alpha value is -3.65. The zero-order chi connectivity index (χ0) is 55.6. The van der Waals surface area contributed by atoms with Crippen LogP contribution < -0.4 is 0 Å². The largest absolute Gasteiger partial charge is 0.462 e. The van der Waals surface area contributed by atoms with Crippen LogP contribution in [-0.4, -0.2) is 122 Å². The van der Waals surface area contributed by atoms with Crippen molar-refractivity contribution in [1.29, 1.82) is 0 Å². The van der Waals surface area contributed by atoms with E-state index >= 15 is 0 Å². The van der Waals surface area contributed by atoms with Crippen LogP contribution >= 0.6 is 0 Å². The maximum atomic E-state index is 14.7. The van der Waals surface area contributed by atoms with Crippen molar-refractivity contribution in [3.63, 3.8) is 0 Å². The topological polar surface area (TPSA) is 150 Å². The molecule has 5 saturated carbocycles. The molecule has 1 heterocycles. The van der Waals surface area contributed by atoms with E-state index in [9.17, 15) is 24.6 Å². The number of esters is 3. The summed E-state index contributed by atoms with van der Waals surface area (Å²) in [6.07, 6.45) is 38.5. The Bertz CT molecular complexity index is 2140. The normalized spacial score (nSPS) is 33.7. The molecule has 1 aromatic rings. The second-order valence-corrected chi connectivity index (χ2v) is 24.3. The zero-order valence-corrected chi connectivity index (χ0v) is 48.8. The number of likely N-dealkylation sites (tertiary alicyclic amines) is 1. The molecule has 14 atom stereocenters. The number of methoxy groups -OCH3 is 3. The number of nitrogens with zero attached hydrogens (tertiary/aromatic N) is 1. The summed E-state index contributed by atoms with van der Waals surface area (Å²) in [5.74, 6) is -3.23. The molecular weight excluding hydrogens is 983 g/mol. The Balaban J connectivity index is 1.07. The molecule has 1 aliphatic heterocycles. The molecule has 7 rings (SSSR count). The van der Waals surface area contributed by atoms with Crippen molar-refractivity contribution in [2.24, 2.45) is 34.5 Å². The van der Waals surface area contributed by atoms with E-state index in [1.165, 1.54) is 52.1 Å². The van der Waals surface area contributed by atoms with Gasteiger partial charge < -0.3 is 43.5 Å². The van der Waals surface area contributed by atoms with Crippen molar-refractivity contribution in [2.75, 3.05) is 41.5 Å². The number of hydrogen-bond donors (Lipinski definition) is 2. The molecule has 1 aromatic carbocycles. The van der Waals surface area contributed by atoms with E-state index in [0.717, 1.165) is 89.9 Å². The van der Waals surface area contributed by atoms with Crippen molar-refractivity contribution in [1.82, 2.24) is 4.90 Å². The molecule has 0 amide bonds. The maximum absolute atomic E-state index is 14.7. The van der Waals surface area contributed by atoms with Gasteiger partial charge in [0.05, 0.1) is 18.3 Å². The third kappa shape index (κ3) is 13.2. The van der Waals surface area contributed by atoms with E-state index in [0.29, 0.717) is 44.4 Å². The molecule has 12 heteroatoms. The fourth-order valence-electron chi connectivity index (χ4n) is 16.4. The van der Waals surface area contributed by atoms with Gasteiger partial charge in [-0.25, -0.2) is 4.79 Å². The number of unbranched alkanes of at least 4 members (excludes halogenated alkanes) is 16. The summed E-state index contributed by atoms with van der Waals surface area (Å²) in [6, 6.07) is 8.46. The summed E-state index contributed by atoms with van der Waals surface area (Å²) >= 11 is 0. The van der Waals surface area contributed by atoms with Gasteiger partial charge >= 0.3 is 17.9 Å². The number of carbonyl (C=O) groups excluding carboxylic acids is 3. The van der Waals surface area contributed by atoms with Gasteiger partial charge in [0, 0.05) is 75.8 Å². The molecule has 5 aliphatic carbocycles. The van der Waals surface area contributed by atoms with Gasteiger partial charge in [0.2, 0.25) is 0 Å². The Morgan fingerprint density at radius 2 is 1.19 bits per heavy atom. The Morgan fingerprint density at radius 1 is 0.641 bits per heavy atom. The highest BCUT2D eigenvalue weighted by Gasteiger charge is 2.90. The Morgan fingerprint density at radius 3 is 1.74 bits per heavy atom. The third-order valence-electron chi connectivity index (χ3n) is 19.5. The standard InChI is InChI=1S/C66H101NO11/c1-7-9-11-13-15-17-19-21-23-25-27-29-31-33-38-42-55(68)76-53-45-54(74-5)65-51-46-64(72)60(77-62(71)49-40-36-35-37-41-49)57(51)66(59(70)61(64)75-6,50-44-52(65)63(53,48-73-4)47-67(3)58(50)65)78-56(69)43-39-34-32-30-28-26-24-22-20-18-16-14-12-10-8-2/h15-18,21-24,35-37,40-41,50-54,57-61,70,72H,7-14,19-20,25-34,38-39,42-48H2,1-6H3/b17-15-,18-16-,23-21-,24-22-/t50-,51+,52+,53+,54-,57+,58+,59-,60+,61-,63+,64+,65+,66-/m0/s1. The molecule has 7 bridgehead atoms. The number of fused-ring (bicyclic) bond motifs is 2. The Labute approximate surface area is 469 Å². The first kappa shape index (κ1) is 62.0. The number of aliphatic hydroxyl groups is 2. The van der Waals surface area contributed by atoms with E-state index in [2.05, 4.69) is 74.4 Å². The number of aliphatic hydroxyl groups excluding tert-OH is 1. The predicted molar refractivity (Wildman–Crippen MR) is 307 cm³/mol. The van der Waals surface area contributed by atoms with Crippen LogP contribution in [0.1, 0.15) is 198 Å². The van der Waals surface area contributed by atoms with Gasteiger partial charge in [-0.2, -0.15) is 0 Å². The highest BCUT2D eigenvalue weighted by Crippen LogP contribution is 2.80. The molecule has 78 heavy (non-hydrogen) atoms. The van der Waals surface area contributed by atoms with Gasteiger partial charge in [-0.1, -0.05) is 145 Å². The van der Waals surface area contributed by atoms with E-state index in [-0.39, 0.29) is 30.8 Å². The predicted octanol–water partition coefficient (Wildman–Crippen LogP) is 12.8. The van der Waals surface area contributed by atoms with Gasteiger partial charge in [-0.3, -0.25) is 9.59 Å². The van der Waals surface area contributed by atoms with Crippen molar-refractivity contribution < 1.29 is 53.0 Å². The van der Waals surface area contributed by atoms with Crippen LogP contribution in [0.15, 0.2) is 78.9 Å². The van der Waals surface area contributed by atoms with Crippen molar-refractivity contribution >= 4 is 17.9 Å². The summed E-state index contributed by atoms with van der Waals surface area (Å²) in [5, 5.41) is 26.4. The first-order valence-electron chi connectivity index (χ1n) is 30.9. The average Bonchev–Trinajstić information content (AvgIpc) is 2.53. The van der Waals surface area contributed by atoms with Crippen LogP contribution in [0.3, 0.4) is 0 Å². The minimum Gasteiger partial charge on any atom is -0.462 e. The molecule has 0 radical (unpaired) electrons. The lowest BCUT2D eigenvalue weighted by Crippen LogP contribution is -2.81. The van der Waals surface area contributed by atoms with E-state index in [1.807, 2.05) is 6.07 Å². The summed E-state index contributed by atoms with van der Waals surface area (Å²) in [4.78, 5) is 45.4. The molecule has 6 aliphatic rings. The maximum Gasteiger partial charge on any atom is 0.338 e. The first-order chi connectivity index (χ1) is 38.0. The number of piperidine rings is 1. The Kier molecular flexibility index (Phi) is 23.7. The van der Waals surface area contributed by atoms with Crippen molar-refractivity contribution in [2.45, 2.75) is 235 Å². The van der Waals surface area contributed by atoms with Crippen LogP contribution in [0.2, 0.25) is 0 Å². The van der Waals surface area contributed by atoms with E-state index in [1.54, 1.807) is 38.5 Å². The highest BCUT2D eigenvalue weighted by molar-refractivity contribution is 5.89. The summed E-state index contributed by atoms with van der Waals surface area (Å²) in [6.45, 7) is 5.31. The molecule has 436 valence electrons. The van der Waals surface area contributed by atoms with E-state index in [4.69, 9.17) is 28.4 Å². The van der Waals surface area contributed by atoms with Gasteiger partial charge in [0.1, 0.15) is 30.0 Å². The number of rotatable bonds is 36. The van der Waals surface area contributed by atoms with Crippen LogP contribution in [0.4, 0.5) is 0 Å². The van der Waals surface area contributed by atoms with Crippen LogP contribution in [0.5, 0.6) is 0 Å². The fourth-order valence-corrected chi connectivity index (χ4v) is 16.4. The smallest absolute Gasteiger partial charge is 0.338 e. The average molecular weight is 1080 g/mol. The van der Waals surface area contributed by atoms with Gasteiger partial charge in [-0.05, 0) is 121 Å². The molecule has 6 fully saturated rings. The minimum atomic E-state index is -1.84.